The molecule has 1 rings (SSSR count). The van der Waals surface area contributed by atoms with E-state index in [1.54, 1.807) is 12.2 Å². The summed E-state index contributed by atoms with van der Waals surface area (Å²) in [5.41, 5.74) is 0. The van der Waals surface area contributed by atoms with Crippen LogP contribution in [0.5, 0.6) is 0 Å². The number of aliphatic hydroxyl groups is 3. The van der Waals surface area contributed by atoms with Gasteiger partial charge in [0.15, 0.2) is 0 Å². The van der Waals surface area contributed by atoms with Crippen molar-refractivity contribution in [2.75, 3.05) is 0 Å². The lowest BCUT2D eigenvalue weighted by Gasteiger charge is -2.17. The summed E-state index contributed by atoms with van der Waals surface area (Å²) in [6, 6.07) is 0. The molecule has 0 aromatic rings. The fourth-order valence-corrected chi connectivity index (χ4v) is 2.97. The molecular weight excluding hydrogens is 336 g/mol. The van der Waals surface area contributed by atoms with Gasteiger partial charge >= 0.3 is 5.97 Å². The maximum Gasteiger partial charge on any atom is 0.303 e. The number of allylic oxidation sites excluding steroid dienone is 1. The van der Waals surface area contributed by atoms with Crippen molar-refractivity contribution in [1.29, 1.82) is 0 Å². The van der Waals surface area contributed by atoms with Crippen molar-refractivity contribution in [3.05, 3.63) is 24.3 Å². The van der Waals surface area contributed by atoms with E-state index in [0.29, 0.717) is 25.7 Å². The van der Waals surface area contributed by atoms with Crippen LogP contribution in [0.4, 0.5) is 0 Å². The first-order valence-corrected chi connectivity index (χ1v) is 9.68. The molecule has 0 aromatic carbocycles. The van der Waals surface area contributed by atoms with Gasteiger partial charge in [0.05, 0.1) is 24.4 Å². The van der Waals surface area contributed by atoms with Crippen LogP contribution >= 0.6 is 0 Å². The predicted molar refractivity (Wildman–Crippen MR) is 99.8 cm³/mol. The summed E-state index contributed by atoms with van der Waals surface area (Å²) in [5.74, 6) is -0.890. The summed E-state index contributed by atoms with van der Waals surface area (Å²) in [7, 11) is 0. The Bertz CT molecular complexity index is 448. The van der Waals surface area contributed by atoms with Gasteiger partial charge in [-0.15, -0.1) is 0 Å². The number of ether oxygens (including phenoxy) is 1. The highest BCUT2D eigenvalue weighted by atomic mass is 16.5. The monoisotopic (exact) mass is 370 g/mol. The van der Waals surface area contributed by atoms with Crippen molar-refractivity contribution in [3.8, 4) is 0 Å². The van der Waals surface area contributed by atoms with Crippen LogP contribution in [0.2, 0.25) is 0 Å². The summed E-state index contributed by atoms with van der Waals surface area (Å²) in [5, 5.41) is 38.7. The molecule has 1 fully saturated rings. The third-order valence-corrected chi connectivity index (χ3v) is 4.55. The SMILES string of the molecule is CCCCC/C=C\C[C@@H](O)/C=C/[C@H]1O[C@@H]([C@@H](O)CCCC(=O)O)C[C@@H]1O. The fourth-order valence-electron chi connectivity index (χ4n) is 2.97. The molecule has 0 aliphatic carbocycles. The lowest BCUT2D eigenvalue weighted by Crippen LogP contribution is -2.26. The zero-order chi connectivity index (χ0) is 19.4. The molecule has 0 unspecified atom stereocenters. The van der Waals surface area contributed by atoms with Crippen molar-refractivity contribution in [3.63, 3.8) is 0 Å². The van der Waals surface area contributed by atoms with E-state index in [1.807, 2.05) is 6.08 Å². The highest BCUT2D eigenvalue weighted by Gasteiger charge is 2.36. The van der Waals surface area contributed by atoms with E-state index in [1.165, 1.54) is 12.8 Å². The van der Waals surface area contributed by atoms with Gasteiger partial charge in [-0.05, 0) is 32.1 Å². The third-order valence-electron chi connectivity index (χ3n) is 4.55. The quantitative estimate of drug-likeness (QED) is 0.293. The fraction of sp³-hybridized carbons (Fsp3) is 0.750. The van der Waals surface area contributed by atoms with Crippen LogP contribution in [0.15, 0.2) is 24.3 Å². The number of carbonyl (C=O) groups is 1. The first-order chi connectivity index (χ1) is 12.4. The molecule has 4 N–H and O–H groups in total. The lowest BCUT2D eigenvalue weighted by atomic mass is 10.0. The molecule has 0 bridgehead atoms. The minimum atomic E-state index is -0.890. The van der Waals surface area contributed by atoms with Crippen LogP contribution in [-0.2, 0) is 9.53 Å². The molecule has 0 amide bonds. The van der Waals surface area contributed by atoms with E-state index < -0.39 is 36.5 Å². The van der Waals surface area contributed by atoms with E-state index in [2.05, 4.69) is 13.0 Å². The Kier molecular flexibility index (Phi) is 11.4. The van der Waals surface area contributed by atoms with Crippen LogP contribution in [0.3, 0.4) is 0 Å². The van der Waals surface area contributed by atoms with Gasteiger partial charge < -0.3 is 25.2 Å². The van der Waals surface area contributed by atoms with Gasteiger partial charge in [0.2, 0.25) is 0 Å². The maximum absolute atomic E-state index is 10.5. The number of rotatable bonds is 13. The number of aliphatic hydroxyl groups excluding tert-OH is 3. The minimum Gasteiger partial charge on any atom is -0.481 e. The molecule has 26 heavy (non-hydrogen) atoms. The highest BCUT2D eigenvalue weighted by Crippen LogP contribution is 2.26. The number of hydrogen-bond donors (Lipinski definition) is 4. The Morgan fingerprint density at radius 1 is 1.23 bits per heavy atom. The second-order valence-corrected chi connectivity index (χ2v) is 6.95. The largest absolute Gasteiger partial charge is 0.481 e. The van der Waals surface area contributed by atoms with Gasteiger partial charge in [0.25, 0.3) is 0 Å². The first kappa shape index (κ1) is 22.8. The number of carboxylic acids is 1. The zero-order valence-electron chi connectivity index (χ0n) is 15.7. The molecule has 1 saturated heterocycles. The number of hydrogen-bond acceptors (Lipinski definition) is 5. The lowest BCUT2D eigenvalue weighted by molar-refractivity contribution is -0.137. The van der Waals surface area contributed by atoms with Gasteiger partial charge in [-0.3, -0.25) is 4.79 Å². The normalized spacial score (nSPS) is 25.9. The maximum atomic E-state index is 10.5. The molecule has 1 aliphatic heterocycles. The molecule has 1 heterocycles. The van der Waals surface area contributed by atoms with Crippen LogP contribution in [0.25, 0.3) is 0 Å². The minimum absolute atomic E-state index is 0.00776. The molecular formula is C20H34O6. The van der Waals surface area contributed by atoms with Gasteiger partial charge in [-0.1, -0.05) is 44.1 Å². The smallest absolute Gasteiger partial charge is 0.303 e. The summed E-state index contributed by atoms with van der Waals surface area (Å²) in [4.78, 5) is 10.5. The van der Waals surface area contributed by atoms with E-state index in [4.69, 9.17) is 9.84 Å². The van der Waals surface area contributed by atoms with E-state index in [0.717, 1.165) is 12.8 Å². The summed E-state index contributed by atoms with van der Waals surface area (Å²) in [6.07, 6.45) is 10.2. The Labute approximate surface area is 156 Å². The van der Waals surface area contributed by atoms with Crippen LogP contribution in [-0.4, -0.2) is 56.9 Å². The van der Waals surface area contributed by atoms with Crippen LogP contribution in [0.1, 0.15) is 64.7 Å². The molecule has 0 spiro atoms. The van der Waals surface area contributed by atoms with Crippen molar-refractivity contribution in [2.45, 2.75) is 95.2 Å². The van der Waals surface area contributed by atoms with Crippen molar-refractivity contribution >= 4 is 5.97 Å². The Morgan fingerprint density at radius 2 is 2.00 bits per heavy atom. The van der Waals surface area contributed by atoms with Crippen LogP contribution in [0, 0.1) is 0 Å². The van der Waals surface area contributed by atoms with Gasteiger partial charge in [-0.2, -0.15) is 0 Å². The zero-order valence-corrected chi connectivity index (χ0v) is 15.7. The molecule has 6 heteroatoms. The second-order valence-electron chi connectivity index (χ2n) is 6.95. The highest BCUT2D eigenvalue weighted by molar-refractivity contribution is 5.66. The van der Waals surface area contributed by atoms with Gasteiger partial charge in [0.1, 0.15) is 6.10 Å². The van der Waals surface area contributed by atoms with E-state index in [9.17, 15) is 20.1 Å². The summed E-state index contributed by atoms with van der Waals surface area (Å²) < 4.78 is 5.65. The molecule has 0 radical (unpaired) electrons. The topological polar surface area (TPSA) is 107 Å². The van der Waals surface area contributed by atoms with Crippen molar-refractivity contribution in [2.24, 2.45) is 0 Å². The Balaban J connectivity index is 2.31. The average molecular weight is 370 g/mol. The first-order valence-electron chi connectivity index (χ1n) is 9.68. The number of unbranched alkanes of at least 4 members (excludes halogenated alkanes) is 3. The molecule has 150 valence electrons. The molecule has 6 nitrogen and oxygen atoms in total. The molecule has 0 saturated carbocycles. The Hall–Kier alpha value is -1.21. The summed E-state index contributed by atoms with van der Waals surface area (Å²) in [6.45, 7) is 2.16. The van der Waals surface area contributed by atoms with Crippen LogP contribution < -0.4 is 0 Å². The van der Waals surface area contributed by atoms with Gasteiger partial charge in [0, 0.05) is 12.8 Å². The standard InChI is InChI=1S/C20H34O6/c1-2-3-4-5-6-7-9-15(21)12-13-18-17(23)14-19(26-18)16(22)10-8-11-20(24)25/h6-7,12-13,15-19,21-23H,2-5,8-11,14H2,1H3,(H,24,25)/b7-6-,13-12+/t15-,16+,17+,18-,19-/m1/s1. The Morgan fingerprint density at radius 3 is 2.69 bits per heavy atom. The average Bonchev–Trinajstić information content (AvgIpc) is 2.96. The second kappa shape index (κ2) is 13.0. The number of carboxylic acid groups (broad SMARTS) is 1. The van der Waals surface area contributed by atoms with Crippen molar-refractivity contribution < 1.29 is 30.0 Å². The molecule has 0 aromatic heterocycles. The molecule has 5 atom stereocenters. The molecule has 1 aliphatic rings. The number of aliphatic carboxylic acids is 1. The summed E-state index contributed by atoms with van der Waals surface area (Å²) >= 11 is 0. The van der Waals surface area contributed by atoms with Crippen molar-refractivity contribution in [1.82, 2.24) is 0 Å². The van der Waals surface area contributed by atoms with Gasteiger partial charge in [-0.25, -0.2) is 0 Å². The van der Waals surface area contributed by atoms with E-state index >= 15 is 0 Å². The third kappa shape index (κ3) is 9.48. The predicted octanol–water partition coefficient (Wildman–Crippen LogP) is 2.56. The van der Waals surface area contributed by atoms with E-state index in [-0.39, 0.29) is 6.42 Å².